The number of aliphatic hydroxyl groups is 1. The van der Waals surface area contributed by atoms with Gasteiger partial charge in [-0.05, 0) is 42.9 Å². The molecule has 0 radical (unpaired) electrons. The van der Waals surface area contributed by atoms with E-state index in [2.05, 4.69) is 4.98 Å². The highest BCUT2D eigenvalue weighted by Crippen LogP contribution is 2.44. The first kappa shape index (κ1) is 18.0. The van der Waals surface area contributed by atoms with Crippen LogP contribution >= 0.6 is 0 Å². The van der Waals surface area contributed by atoms with Crippen LogP contribution in [0.1, 0.15) is 43.0 Å². The molecular weight excluding hydrogens is 340 g/mol. The normalized spacial score (nSPS) is 25.9. The number of H-pyrrole nitrogens is 1. The fourth-order valence-corrected chi connectivity index (χ4v) is 4.44. The van der Waals surface area contributed by atoms with Crippen molar-refractivity contribution in [2.45, 2.75) is 38.2 Å². The molecule has 0 bridgehead atoms. The number of nitrogens with zero attached hydrogens (tertiary/aromatic N) is 1. The van der Waals surface area contributed by atoms with E-state index in [0.29, 0.717) is 31.1 Å². The molecule has 2 fully saturated rings. The van der Waals surface area contributed by atoms with Crippen LogP contribution in [0.2, 0.25) is 0 Å². The number of rotatable bonds is 3. The molecule has 1 saturated carbocycles. The van der Waals surface area contributed by atoms with E-state index in [0.717, 1.165) is 18.4 Å². The molecule has 4 rings (SSSR count). The van der Waals surface area contributed by atoms with Gasteiger partial charge in [-0.3, -0.25) is 9.59 Å². The van der Waals surface area contributed by atoms with Crippen molar-refractivity contribution in [3.63, 3.8) is 0 Å². The molecule has 2 atom stereocenters. The van der Waals surface area contributed by atoms with Crippen molar-refractivity contribution in [3.8, 4) is 11.3 Å². The lowest BCUT2D eigenvalue weighted by molar-refractivity contribution is -0.122. The SMILES string of the molecule is C[C@@H]1CN(C(=O)c2ccc(-c3ccccc3)[nH]c2=O)CC[C@@]1(O)C1CCC1. The quantitative estimate of drug-likeness (QED) is 0.877. The fourth-order valence-electron chi connectivity index (χ4n) is 4.44. The first-order chi connectivity index (χ1) is 13.0. The minimum absolute atomic E-state index is 0.0168. The van der Waals surface area contributed by atoms with Gasteiger partial charge >= 0.3 is 0 Å². The fraction of sp³-hybridized carbons (Fsp3) is 0.455. The summed E-state index contributed by atoms with van der Waals surface area (Å²) in [6, 6.07) is 13.0. The average molecular weight is 366 g/mol. The number of benzene rings is 1. The van der Waals surface area contributed by atoms with Gasteiger partial charge in [-0.2, -0.15) is 0 Å². The van der Waals surface area contributed by atoms with Crippen molar-refractivity contribution in [1.82, 2.24) is 9.88 Å². The molecule has 2 aliphatic rings. The summed E-state index contributed by atoms with van der Waals surface area (Å²) in [5, 5.41) is 11.0. The molecule has 1 saturated heterocycles. The minimum atomic E-state index is -0.668. The van der Waals surface area contributed by atoms with Crippen LogP contribution in [0.5, 0.6) is 0 Å². The lowest BCUT2D eigenvalue weighted by Gasteiger charge is -2.50. The molecule has 1 aliphatic heterocycles. The van der Waals surface area contributed by atoms with Crippen LogP contribution in [-0.4, -0.2) is 39.6 Å². The van der Waals surface area contributed by atoms with Gasteiger partial charge < -0.3 is 15.0 Å². The van der Waals surface area contributed by atoms with Crippen LogP contribution in [-0.2, 0) is 0 Å². The predicted molar refractivity (Wildman–Crippen MR) is 104 cm³/mol. The first-order valence-corrected chi connectivity index (χ1v) is 9.79. The Balaban J connectivity index is 1.51. The van der Waals surface area contributed by atoms with Crippen molar-refractivity contribution in [2.75, 3.05) is 13.1 Å². The average Bonchev–Trinajstić information content (AvgIpc) is 2.63. The van der Waals surface area contributed by atoms with E-state index in [1.165, 1.54) is 6.42 Å². The minimum Gasteiger partial charge on any atom is -0.389 e. The predicted octanol–water partition coefficient (Wildman–Crippen LogP) is 3.06. The summed E-state index contributed by atoms with van der Waals surface area (Å²) < 4.78 is 0. The number of hydrogen-bond acceptors (Lipinski definition) is 3. The Morgan fingerprint density at radius 3 is 2.52 bits per heavy atom. The van der Waals surface area contributed by atoms with Gasteiger partial charge in [0.25, 0.3) is 11.5 Å². The van der Waals surface area contributed by atoms with E-state index in [-0.39, 0.29) is 22.9 Å². The van der Waals surface area contributed by atoms with Crippen molar-refractivity contribution < 1.29 is 9.90 Å². The molecule has 2 aromatic rings. The molecule has 1 aromatic carbocycles. The van der Waals surface area contributed by atoms with Crippen molar-refractivity contribution in [3.05, 3.63) is 58.4 Å². The van der Waals surface area contributed by atoms with Crippen molar-refractivity contribution in [2.24, 2.45) is 11.8 Å². The number of piperidine rings is 1. The number of nitrogens with one attached hydrogen (secondary N) is 1. The van der Waals surface area contributed by atoms with Gasteiger partial charge in [-0.1, -0.05) is 43.7 Å². The topological polar surface area (TPSA) is 73.4 Å². The summed E-state index contributed by atoms with van der Waals surface area (Å²) in [5.41, 5.74) is 0.734. The zero-order chi connectivity index (χ0) is 19.0. The number of carbonyl (C=O) groups is 1. The maximum atomic E-state index is 12.9. The highest BCUT2D eigenvalue weighted by Gasteiger charge is 2.47. The first-order valence-electron chi connectivity index (χ1n) is 9.79. The summed E-state index contributed by atoms with van der Waals surface area (Å²) in [6.07, 6.45) is 3.93. The van der Waals surface area contributed by atoms with Crippen molar-refractivity contribution >= 4 is 5.91 Å². The number of aromatic amines is 1. The molecule has 1 aliphatic carbocycles. The molecule has 2 heterocycles. The molecule has 0 unspecified atom stereocenters. The van der Waals surface area contributed by atoms with Crippen LogP contribution in [0.25, 0.3) is 11.3 Å². The Bertz CT molecular complexity index is 888. The Morgan fingerprint density at radius 1 is 1.19 bits per heavy atom. The van der Waals surface area contributed by atoms with Gasteiger partial charge in [0.2, 0.25) is 0 Å². The Morgan fingerprint density at radius 2 is 1.93 bits per heavy atom. The van der Waals surface area contributed by atoms with Crippen LogP contribution in [0, 0.1) is 11.8 Å². The Labute approximate surface area is 159 Å². The largest absolute Gasteiger partial charge is 0.389 e. The van der Waals surface area contributed by atoms with Crippen molar-refractivity contribution in [1.29, 1.82) is 0 Å². The maximum Gasteiger partial charge on any atom is 0.261 e. The number of amides is 1. The van der Waals surface area contributed by atoms with Gasteiger partial charge in [0.05, 0.1) is 5.60 Å². The van der Waals surface area contributed by atoms with Crippen LogP contribution in [0.4, 0.5) is 0 Å². The zero-order valence-electron chi connectivity index (χ0n) is 15.6. The second-order valence-electron chi connectivity index (χ2n) is 8.00. The molecule has 1 aromatic heterocycles. The van der Waals surface area contributed by atoms with E-state index in [4.69, 9.17) is 0 Å². The van der Waals surface area contributed by atoms with E-state index in [9.17, 15) is 14.7 Å². The van der Waals surface area contributed by atoms with Gasteiger partial charge in [-0.25, -0.2) is 0 Å². The van der Waals surface area contributed by atoms with E-state index in [1.54, 1.807) is 17.0 Å². The monoisotopic (exact) mass is 366 g/mol. The molecule has 5 nitrogen and oxygen atoms in total. The second-order valence-corrected chi connectivity index (χ2v) is 8.00. The molecule has 2 N–H and O–H groups in total. The summed E-state index contributed by atoms with van der Waals surface area (Å²) in [6.45, 7) is 3.00. The third-order valence-corrected chi connectivity index (χ3v) is 6.45. The number of aromatic nitrogens is 1. The number of likely N-dealkylation sites (tertiary alicyclic amines) is 1. The number of carbonyl (C=O) groups excluding carboxylic acids is 1. The van der Waals surface area contributed by atoms with E-state index in [1.807, 2.05) is 37.3 Å². The zero-order valence-corrected chi connectivity index (χ0v) is 15.6. The molecule has 0 spiro atoms. The summed E-state index contributed by atoms with van der Waals surface area (Å²) >= 11 is 0. The second kappa shape index (κ2) is 6.97. The molecule has 142 valence electrons. The van der Waals surface area contributed by atoms with Gasteiger partial charge in [0.15, 0.2) is 0 Å². The lowest BCUT2D eigenvalue weighted by atomic mass is 9.65. The smallest absolute Gasteiger partial charge is 0.261 e. The highest BCUT2D eigenvalue weighted by molar-refractivity contribution is 5.94. The van der Waals surface area contributed by atoms with Gasteiger partial charge in [-0.15, -0.1) is 0 Å². The molecule has 27 heavy (non-hydrogen) atoms. The summed E-state index contributed by atoms with van der Waals surface area (Å²) in [7, 11) is 0. The highest BCUT2D eigenvalue weighted by atomic mass is 16.3. The standard InChI is InChI=1S/C22H26N2O3/c1-15-14-24(13-12-22(15,27)17-8-5-9-17)21(26)18-10-11-19(23-20(18)25)16-6-3-2-4-7-16/h2-4,6-7,10-11,15,17,27H,5,8-9,12-14H2,1H3,(H,23,25)/t15-,22+/m1/s1. The number of hydrogen-bond donors (Lipinski definition) is 2. The molecule has 1 amide bonds. The van der Waals surface area contributed by atoms with Gasteiger partial charge in [0.1, 0.15) is 5.56 Å². The molecular formula is C22H26N2O3. The summed E-state index contributed by atoms with van der Waals surface area (Å²) in [5.74, 6) is 0.125. The third kappa shape index (κ3) is 3.21. The van der Waals surface area contributed by atoms with Gasteiger partial charge in [0, 0.05) is 24.7 Å². The van der Waals surface area contributed by atoms with Crippen LogP contribution < -0.4 is 5.56 Å². The molecule has 5 heteroatoms. The van der Waals surface area contributed by atoms with Crippen LogP contribution in [0.3, 0.4) is 0 Å². The van der Waals surface area contributed by atoms with E-state index >= 15 is 0 Å². The van der Waals surface area contributed by atoms with Crippen LogP contribution in [0.15, 0.2) is 47.3 Å². The third-order valence-electron chi connectivity index (χ3n) is 6.45. The maximum absolute atomic E-state index is 12.9. The lowest BCUT2D eigenvalue weighted by Crippen LogP contribution is -2.57. The van der Waals surface area contributed by atoms with E-state index < -0.39 is 5.60 Å². The Hall–Kier alpha value is -2.40. The number of pyridine rings is 1. The summed E-state index contributed by atoms with van der Waals surface area (Å²) in [4.78, 5) is 30.0. The Kier molecular flexibility index (Phi) is 4.64.